The summed E-state index contributed by atoms with van der Waals surface area (Å²) < 4.78 is 6.90. The van der Waals surface area contributed by atoms with Gasteiger partial charge in [-0.25, -0.2) is 4.68 Å². The van der Waals surface area contributed by atoms with E-state index in [0.717, 1.165) is 21.6 Å². The molecule has 1 atom stereocenters. The number of nitrogens with zero attached hydrogens (tertiary/aromatic N) is 2. The number of hydrogen-bond donors (Lipinski definition) is 1. The average molecular weight is 364 g/mol. The van der Waals surface area contributed by atoms with E-state index in [1.165, 1.54) is 11.3 Å². The maximum absolute atomic E-state index is 12.4. The van der Waals surface area contributed by atoms with Crippen molar-refractivity contribution in [3.05, 3.63) is 45.9 Å². The zero-order chi connectivity index (χ0) is 17.3. The van der Waals surface area contributed by atoms with Gasteiger partial charge in [0.25, 0.3) is 5.91 Å². The van der Waals surface area contributed by atoms with E-state index >= 15 is 0 Å². The molecule has 0 saturated heterocycles. The van der Waals surface area contributed by atoms with Crippen LogP contribution in [0.2, 0.25) is 5.02 Å². The first-order valence-electron chi connectivity index (χ1n) is 7.54. The van der Waals surface area contributed by atoms with Crippen LogP contribution in [0.1, 0.15) is 22.3 Å². The van der Waals surface area contributed by atoms with E-state index in [1.54, 1.807) is 7.11 Å². The zero-order valence-corrected chi connectivity index (χ0v) is 15.2. The van der Waals surface area contributed by atoms with Crippen molar-refractivity contribution < 1.29 is 9.53 Å². The number of fused-ring (bicyclic) bond motifs is 1. The van der Waals surface area contributed by atoms with E-state index in [1.807, 2.05) is 48.9 Å². The van der Waals surface area contributed by atoms with Gasteiger partial charge in [-0.2, -0.15) is 5.10 Å². The van der Waals surface area contributed by atoms with Crippen LogP contribution in [0.25, 0.3) is 15.9 Å². The minimum Gasteiger partial charge on any atom is -0.383 e. The highest BCUT2D eigenvalue weighted by Gasteiger charge is 2.18. The normalized spacial score (nSPS) is 12.5. The predicted molar refractivity (Wildman–Crippen MR) is 97.5 cm³/mol. The second-order valence-electron chi connectivity index (χ2n) is 5.63. The first-order chi connectivity index (χ1) is 11.5. The smallest absolute Gasteiger partial charge is 0.261 e. The monoisotopic (exact) mass is 363 g/mol. The van der Waals surface area contributed by atoms with E-state index in [0.29, 0.717) is 16.5 Å². The van der Waals surface area contributed by atoms with Gasteiger partial charge in [-0.05, 0) is 44.2 Å². The molecule has 2 aromatic heterocycles. The van der Waals surface area contributed by atoms with Crippen LogP contribution in [0, 0.1) is 6.92 Å². The van der Waals surface area contributed by atoms with Gasteiger partial charge in [-0.1, -0.05) is 11.6 Å². The Labute approximate surface area is 149 Å². The van der Waals surface area contributed by atoms with E-state index in [-0.39, 0.29) is 11.9 Å². The van der Waals surface area contributed by atoms with E-state index in [9.17, 15) is 4.79 Å². The number of nitrogens with one attached hydrogen (secondary N) is 1. The summed E-state index contributed by atoms with van der Waals surface area (Å²) in [5, 5.41) is 9.17. The van der Waals surface area contributed by atoms with Crippen molar-refractivity contribution in [2.45, 2.75) is 19.9 Å². The third-order valence-electron chi connectivity index (χ3n) is 3.63. The summed E-state index contributed by atoms with van der Waals surface area (Å²) in [5.74, 6) is -0.0946. The second kappa shape index (κ2) is 6.93. The number of ether oxygens (including phenoxy) is 1. The Morgan fingerprint density at radius 2 is 2.12 bits per heavy atom. The van der Waals surface area contributed by atoms with Crippen LogP contribution >= 0.6 is 22.9 Å². The van der Waals surface area contributed by atoms with Gasteiger partial charge in [-0.15, -0.1) is 11.3 Å². The number of benzene rings is 1. The number of thiophene rings is 1. The number of methoxy groups -OCH3 is 1. The highest BCUT2D eigenvalue weighted by atomic mass is 35.5. The third kappa shape index (κ3) is 3.31. The summed E-state index contributed by atoms with van der Waals surface area (Å²) in [4.78, 5) is 14.0. The van der Waals surface area contributed by atoms with Crippen LogP contribution in [0.15, 0.2) is 30.3 Å². The fourth-order valence-corrected chi connectivity index (χ4v) is 3.71. The number of aromatic nitrogens is 2. The van der Waals surface area contributed by atoms with Crippen LogP contribution in [0.3, 0.4) is 0 Å². The van der Waals surface area contributed by atoms with Crippen LogP contribution in [0.5, 0.6) is 0 Å². The molecule has 0 saturated carbocycles. The first-order valence-corrected chi connectivity index (χ1v) is 8.74. The van der Waals surface area contributed by atoms with E-state index < -0.39 is 0 Å². The number of amides is 1. The summed E-state index contributed by atoms with van der Waals surface area (Å²) in [6.45, 7) is 4.33. The fraction of sp³-hybridized carbons (Fsp3) is 0.294. The highest BCUT2D eigenvalue weighted by Crippen LogP contribution is 2.30. The van der Waals surface area contributed by atoms with Gasteiger partial charge in [0.2, 0.25) is 0 Å². The Morgan fingerprint density at radius 1 is 1.42 bits per heavy atom. The summed E-state index contributed by atoms with van der Waals surface area (Å²) in [6, 6.07) is 9.33. The molecule has 0 fully saturated rings. The molecular formula is C17H18ClN3O2S. The summed E-state index contributed by atoms with van der Waals surface area (Å²) in [7, 11) is 1.62. The standard InChI is InChI=1S/C17H18ClN3O2S/c1-10(9-23-3)19-16(22)15-8-14-11(2)20-21(17(14)24-15)13-6-4-12(18)5-7-13/h4-8,10H,9H2,1-3H3,(H,19,22)/t10-/m0/s1. The molecule has 7 heteroatoms. The molecule has 0 bridgehead atoms. The summed E-state index contributed by atoms with van der Waals surface area (Å²) in [6.07, 6.45) is 0. The SMILES string of the molecule is COC[C@H](C)NC(=O)c1cc2c(C)nn(-c3ccc(Cl)cc3)c2s1. The fourth-order valence-electron chi connectivity index (χ4n) is 2.50. The number of carbonyl (C=O) groups excluding carboxylic acids is 1. The molecule has 0 unspecified atom stereocenters. The molecule has 2 heterocycles. The van der Waals surface area contributed by atoms with Crippen molar-refractivity contribution in [1.29, 1.82) is 0 Å². The lowest BCUT2D eigenvalue weighted by Crippen LogP contribution is -2.35. The summed E-state index contributed by atoms with van der Waals surface area (Å²) in [5.41, 5.74) is 1.80. The molecule has 1 amide bonds. The number of rotatable bonds is 5. The molecule has 3 aromatic rings. The molecule has 1 N–H and O–H groups in total. The van der Waals surface area contributed by atoms with Crippen LogP contribution in [0.4, 0.5) is 0 Å². The van der Waals surface area contributed by atoms with E-state index in [4.69, 9.17) is 16.3 Å². The minimum atomic E-state index is -0.0946. The summed E-state index contributed by atoms with van der Waals surface area (Å²) >= 11 is 7.38. The zero-order valence-electron chi connectivity index (χ0n) is 13.7. The van der Waals surface area contributed by atoms with Gasteiger partial charge in [0.1, 0.15) is 4.83 Å². The van der Waals surface area contributed by atoms with Gasteiger partial charge in [-0.3, -0.25) is 4.79 Å². The maximum atomic E-state index is 12.4. The number of hydrogen-bond acceptors (Lipinski definition) is 4. The lowest BCUT2D eigenvalue weighted by molar-refractivity contribution is 0.0909. The molecular weight excluding hydrogens is 346 g/mol. The molecule has 1 aromatic carbocycles. The Hall–Kier alpha value is -1.89. The largest absolute Gasteiger partial charge is 0.383 e. The van der Waals surface area contributed by atoms with Crippen LogP contribution in [-0.4, -0.2) is 35.4 Å². The number of halogens is 1. The molecule has 0 aliphatic carbocycles. The van der Waals surface area contributed by atoms with Crippen molar-refractivity contribution in [3.8, 4) is 5.69 Å². The number of carbonyl (C=O) groups is 1. The quantitative estimate of drug-likeness (QED) is 0.749. The Bertz CT molecular complexity index is 870. The van der Waals surface area contributed by atoms with Crippen molar-refractivity contribution in [2.24, 2.45) is 0 Å². The molecule has 0 radical (unpaired) electrons. The van der Waals surface area contributed by atoms with E-state index in [2.05, 4.69) is 10.4 Å². The lowest BCUT2D eigenvalue weighted by Gasteiger charge is -2.11. The maximum Gasteiger partial charge on any atom is 0.261 e. The molecule has 126 valence electrons. The van der Waals surface area contributed by atoms with Gasteiger partial charge >= 0.3 is 0 Å². The molecule has 3 rings (SSSR count). The Kier molecular flexibility index (Phi) is 4.89. The van der Waals surface area contributed by atoms with Gasteiger partial charge in [0.05, 0.1) is 22.9 Å². The van der Waals surface area contributed by atoms with Gasteiger partial charge in [0, 0.05) is 23.6 Å². The van der Waals surface area contributed by atoms with Gasteiger partial charge in [0.15, 0.2) is 0 Å². The van der Waals surface area contributed by atoms with Crippen molar-refractivity contribution in [2.75, 3.05) is 13.7 Å². The Balaban J connectivity index is 1.95. The molecule has 24 heavy (non-hydrogen) atoms. The van der Waals surface area contributed by atoms with Crippen molar-refractivity contribution in [3.63, 3.8) is 0 Å². The van der Waals surface area contributed by atoms with Crippen molar-refractivity contribution >= 4 is 39.1 Å². The topological polar surface area (TPSA) is 56.1 Å². The first kappa shape index (κ1) is 17.0. The van der Waals surface area contributed by atoms with Gasteiger partial charge < -0.3 is 10.1 Å². The molecule has 0 spiro atoms. The molecule has 0 aliphatic heterocycles. The third-order valence-corrected chi connectivity index (χ3v) is 5.00. The second-order valence-corrected chi connectivity index (χ2v) is 7.10. The minimum absolute atomic E-state index is 0.0402. The number of aryl methyl sites for hydroxylation is 1. The molecule has 5 nitrogen and oxygen atoms in total. The Morgan fingerprint density at radius 3 is 2.79 bits per heavy atom. The van der Waals surface area contributed by atoms with Crippen LogP contribution in [-0.2, 0) is 4.74 Å². The lowest BCUT2D eigenvalue weighted by atomic mass is 10.3. The van der Waals surface area contributed by atoms with Crippen LogP contribution < -0.4 is 5.32 Å². The molecule has 0 aliphatic rings. The highest BCUT2D eigenvalue weighted by molar-refractivity contribution is 7.20. The van der Waals surface area contributed by atoms with Crippen molar-refractivity contribution in [1.82, 2.24) is 15.1 Å². The predicted octanol–water partition coefficient (Wildman–Crippen LogP) is 3.81. The average Bonchev–Trinajstić information content (AvgIpc) is 3.09.